The van der Waals surface area contributed by atoms with Gasteiger partial charge in [-0.05, 0) is 12.8 Å². The Morgan fingerprint density at radius 2 is 2.24 bits per heavy atom. The van der Waals surface area contributed by atoms with Crippen LogP contribution in [0.3, 0.4) is 0 Å². The first-order chi connectivity index (χ1) is 8.24. The van der Waals surface area contributed by atoms with Crippen molar-refractivity contribution in [2.24, 2.45) is 7.05 Å². The van der Waals surface area contributed by atoms with Crippen LogP contribution >= 0.6 is 0 Å². The van der Waals surface area contributed by atoms with Crippen LogP contribution in [0.15, 0.2) is 12.4 Å². The van der Waals surface area contributed by atoms with E-state index in [1.807, 2.05) is 13.2 Å². The highest BCUT2D eigenvalue weighted by molar-refractivity contribution is 5.74. The zero-order chi connectivity index (χ0) is 12.1. The Balaban J connectivity index is 1.70. The van der Waals surface area contributed by atoms with Gasteiger partial charge in [0, 0.05) is 31.4 Å². The molecule has 0 atom stereocenters. The Labute approximate surface area is 102 Å². The number of amides is 2. The third-order valence-corrected chi connectivity index (χ3v) is 3.15. The molecule has 2 amide bonds. The van der Waals surface area contributed by atoms with Gasteiger partial charge in [0.25, 0.3) is 0 Å². The van der Waals surface area contributed by atoms with Crippen molar-refractivity contribution < 1.29 is 4.79 Å². The molecule has 2 N–H and O–H groups in total. The van der Waals surface area contributed by atoms with E-state index in [0.717, 1.165) is 18.4 Å². The first kappa shape index (κ1) is 12.0. The van der Waals surface area contributed by atoms with Gasteiger partial charge in [-0.1, -0.05) is 19.3 Å². The van der Waals surface area contributed by atoms with Crippen molar-refractivity contribution in [2.45, 2.75) is 44.7 Å². The van der Waals surface area contributed by atoms with Crippen molar-refractivity contribution in [1.29, 1.82) is 0 Å². The van der Waals surface area contributed by atoms with Gasteiger partial charge in [0.05, 0.1) is 6.20 Å². The maximum atomic E-state index is 11.6. The molecule has 1 heterocycles. The molecule has 0 aromatic carbocycles. The summed E-state index contributed by atoms with van der Waals surface area (Å²) in [4.78, 5) is 11.6. The average Bonchev–Trinajstić information content (AvgIpc) is 2.74. The zero-order valence-corrected chi connectivity index (χ0v) is 10.3. The van der Waals surface area contributed by atoms with Crippen molar-refractivity contribution in [3.63, 3.8) is 0 Å². The normalized spacial score (nSPS) is 16.8. The number of aryl methyl sites for hydroxylation is 1. The third kappa shape index (κ3) is 3.76. The minimum Gasteiger partial charge on any atom is -0.335 e. The smallest absolute Gasteiger partial charge is 0.315 e. The van der Waals surface area contributed by atoms with Crippen LogP contribution < -0.4 is 10.6 Å². The Kier molecular flexibility index (Phi) is 4.01. The maximum absolute atomic E-state index is 11.6. The number of nitrogens with zero attached hydrogens (tertiary/aromatic N) is 2. The molecule has 0 saturated heterocycles. The van der Waals surface area contributed by atoms with Crippen molar-refractivity contribution in [3.8, 4) is 0 Å². The minimum atomic E-state index is -0.0687. The van der Waals surface area contributed by atoms with Crippen LogP contribution in [0, 0.1) is 0 Å². The predicted octanol–water partition coefficient (Wildman–Crippen LogP) is 1.55. The second kappa shape index (κ2) is 5.70. The van der Waals surface area contributed by atoms with Crippen LogP contribution in [0.2, 0.25) is 0 Å². The largest absolute Gasteiger partial charge is 0.335 e. The highest BCUT2D eigenvalue weighted by Crippen LogP contribution is 2.17. The lowest BCUT2D eigenvalue weighted by Gasteiger charge is -2.22. The molecule has 0 unspecified atom stereocenters. The van der Waals surface area contributed by atoms with E-state index in [4.69, 9.17) is 0 Å². The lowest BCUT2D eigenvalue weighted by Crippen LogP contribution is -2.42. The summed E-state index contributed by atoms with van der Waals surface area (Å²) in [6.07, 6.45) is 9.65. The summed E-state index contributed by atoms with van der Waals surface area (Å²) in [5, 5.41) is 9.93. The van der Waals surface area contributed by atoms with E-state index in [0.29, 0.717) is 12.6 Å². The summed E-state index contributed by atoms with van der Waals surface area (Å²) in [5.41, 5.74) is 1.02. The number of hydrogen-bond acceptors (Lipinski definition) is 2. The van der Waals surface area contributed by atoms with Gasteiger partial charge in [-0.2, -0.15) is 5.10 Å². The quantitative estimate of drug-likeness (QED) is 0.836. The van der Waals surface area contributed by atoms with Gasteiger partial charge in [-0.15, -0.1) is 0 Å². The van der Waals surface area contributed by atoms with Crippen molar-refractivity contribution in [1.82, 2.24) is 20.4 Å². The summed E-state index contributed by atoms with van der Waals surface area (Å²) < 4.78 is 1.73. The molecule has 94 valence electrons. The minimum absolute atomic E-state index is 0.0687. The number of carbonyl (C=O) groups excluding carboxylic acids is 1. The first-order valence-electron chi connectivity index (χ1n) is 6.26. The molecule has 0 radical (unpaired) electrons. The third-order valence-electron chi connectivity index (χ3n) is 3.15. The monoisotopic (exact) mass is 236 g/mol. The van der Waals surface area contributed by atoms with E-state index in [1.54, 1.807) is 10.9 Å². The zero-order valence-electron chi connectivity index (χ0n) is 10.3. The van der Waals surface area contributed by atoms with Crippen LogP contribution in [0.1, 0.15) is 37.7 Å². The molecule has 5 nitrogen and oxygen atoms in total. The summed E-state index contributed by atoms with van der Waals surface area (Å²) in [6.45, 7) is 0.534. The second-order valence-electron chi connectivity index (χ2n) is 4.68. The lowest BCUT2D eigenvalue weighted by atomic mass is 9.96. The van der Waals surface area contributed by atoms with Crippen LogP contribution in [0.4, 0.5) is 4.79 Å². The van der Waals surface area contributed by atoms with Gasteiger partial charge in [-0.3, -0.25) is 4.68 Å². The molecular weight excluding hydrogens is 216 g/mol. The molecule has 17 heavy (non-hydrogen) atoms. The fraction of sp³-hybridized carbons (Fsp3) is 0.667. The molecule has 5 heteroatoms. The molecule has 0 aliphatic heterocycles. The van der Waals surface area contributed by atoms with Crippen molar-refractivity contribution in [2.75, 3.05) is 0 Å². The summed E-state index contributed by atoms with van der Waals surface area (Å²) in [6, 6.07) is 0.290. The number of hydrogen-bond donors (Lipinski definition) is 2. The van der Waals surface area contributed by atoms with Crippen molar-refractivity contribution >= 4 is 6.03 Å². The maximum Gasteiger partial charge on any atom is 0.315 e. The second-order valence-corrected chi connectivity index (χ2v) is 4.68. The molecule has 0 spiro atoms. The van der Waals surface area contributed by atoms with Gasteiger partial charge >= 0.3 is 6.03 Å². The van der Waals surface area contributed by atoms with Crippen LogP contribution in [-0.2, 0) is 13.6 Å². The Hall–Kier alpha value is -1.52. The van der Waals surface area contributed by atoms with Crippen LogP contribution in [0.25, 0.3) is 0 Å². The first-order valence-corrected chi connectivity index (χ1v) is 6.26. The van der Waals surface area contributed by atoms with Gasteiger partial charge < -0.3 is 10.6 Å². The van der Waals surface area contributed by atoms with E-state index in [2.05, 4.69) is 15.7 Å². The SMILES string of the molecule is Cn1cc(CNC(=O)NC2CCCCC2)cn1. The van der Waals surface area contributed by atoms with E-state index in [1.165, 1.54) is 19.3 Å². The topological polar surface area (TPSA) is 59.0 Å². The molecule has 1 aromatic rings. The summed E-state index contributed by atoms with van der Waals surface area (Å²) in [7, 11) is 1.87. The van der Waals surface area contributed by atoms with Gasteiger partial charge in [-0.25, -0.2) is 4.79 Å². The molecule has 1 saturated carbocycles. The predicted molar refractivity (Wildman–Crippen MR) is 65.5 cm³/mol. The fourth-order valence-corrected chi connectivity index (χ4v) is 2.23. The number of urea groups is 1. The number of carbonyl (C=O) groups is 1. The van der Waals surface area contributed by atoms with Gasteiger partial charge in [0.1, 0.15) is 0 Å². The molecule has 2 rings (SSSR count). The van der Waals surface area contributed by atoms with Crippen molar-refractivity contribution in [3.05, 3.63) is 18.0 Å². The number of nitrogens with one attached hydrogen (secondary N) is 2. The molecule has 0 bridgehead atoms. The molecule has 1 fully saturated rings. The summed E-state index contributed by atoms with van der Waals surface area (Å²) >= 11 is 0. The number of aromatic nitrogens is 2. The van der Waals surface area contributed by atoms with Gasteiger partial charge in [0.15, 0.2) is 0 Å². The molecule has 1 aromatic heterocycles. The van der Waals surface area contributed by atoms with E-state index < -0.39 is 0 Å². The Morgan fingerprint density at radius 3 is 2.88 bits per heavy atom. The molecule has 1 aliphatic carbocycles. The summed E-state index contributed by atoms with van der Waals surface area (Å²) in [5.74, 6) is 0. The Bertz CT molecular complexity index is 368. The molecular formula is C12H20N4O. The van der Waals surface area contributed by atoms with Crippen LogP contribution in [0.5, 0.6) is 0 Å². The van der Waals surface area contributed by atoms with Crippen LogP contribution in [-0.4, -0.2) is 21.9 Å². The van der Waals surface area contributed by atoms with E-state index in [9.17, 15) is 4.79 Å². The fourth-order valence-electron chi connectivity index (χ4n) is 2.23. The highest BCUT2D eigenvalue weighted by atomic mass is 16.2. The van der Waals surface area contributed by atoms with E-state index in [-0.39, 0.29) is 6.03 Å². The standard InChI is InChI=1S/C12H20N4O/c1-16-9-10(8-14-16)7-13-12(17)15-11-5-3-2-4-6-11/h8-9,11H,2-7H2,1H3,(H2,13,15,17). The van der Waals surface area contributed by atoms with Gasteiger partial charge in [0.2, 0.25) is 0 Å². The lowest BCUT2D eigenvalue weighted by molar-refractivity contribution is 0.232. The number of rotatable bonds is 3. The highest BCUT2D eigenvalue weighted by Gasteiger charge is 2.15. The Morgan fingerprint density at radius 1 is 1.47 bits per heavy atom. The average molecular weight is 236 g/mol. The molecule has 1 aliphatic rings. The van der Waals surface area contributed by atoms with E-state index >= 15 is 0 Å².